The average Bonchev–Trinajstić information content (AvgIpc) is 3.19. The molecule has 0 unspecified atom stereocenters. The molecule has 1 aromatic heterocycles. The molecule has 4 nitrogen and oxygen atoms in total. The highest BCUT2D eigenvalue weighted by Gasteiger charge is 2.30. The molecule has 0 bridgehead atoms. The number of aromatic nitrogens is 1. The number of hydrogen-bond acceptors (Lipinski definition) is 4. The number of carbonyl (C=O) groups excluding carboxylic acids is 1. The molecule has 0 radical (unpaired) electrons. The molecule has 0 saturated heterocycles. The van der Waals surface area contributed by atoms with E-state index >= 15 is 0 Å². The molecule has 0 N–H and O–H groups in total. The van der Waals surface area contributed by atoms with Gasteiger partial charge in [0.2, 0.25) is 5.91 Å². The summed E-state index contributed by atoms with van der Waals surface area (Å²) in [5.74, 6) is -0.0290. The van der Waals surface area contributed by atoms with Gasteiger partial charge in [-0.1, -0.05) is 72.1 Å². The SMILES string of the molecule is CO/C(=C\C(=O)N(C)[C@@H](Cc1ccccc1)c1nccs1)C[C@H](C)C(Cl)(Cl)Cl. The second kappa shape index (κ2) is 10.5. The van der Waals surface area contributed by atoms with Crippen molar-refractivity contribution in [3.8, 4) is 0 Å². The highest BCUT2D eigenvalue weighted by Crippen LogP contribution is 2.38. The van der Waals surface area contributed by atoms with E-state index in [4.69, 9.17) is 39.5 Å². The smallest absolute Gasteiger partial charge is 0.250 e. The number of allylic oxidation sites excluding steroid dienone is 1. The van der Waals surface area contributed by atoms with Crippen molar-refractivity contribution in [2.24, 2.45) is 5.92 Å². The van der Waals surface area contributed by atoms with Crippen molar-refractivity contribution in [3.05, 3.63) is 64.3 Å². The van der Waals surface area contributed by atoms with E-state index in [0.29, 0.717) is 18.6 Å². The van der Waals surface area contributed by atoms with Crippen LogP contribution in [0.15, 0.2) is 53.7 Å². The maximum Gasteiger partial charge on any atom is 0.250 e. The summed E-state index contributed by atoms with van der Waals surface area (Å²) < 4.78 is 3.92. The monoisotopic (exact) mass is 460 g/mol. The van der Waals surface area contributed by atoms with Crippen molar-refractivity contribution in [3.63, 3.8) is 0 Å². The number of halogens is 3. The summed E-state index contributed by atoms with van der Waals surface area (Å²) in [5, 5.41) is 2.78. The third-order valence-corrected chi connectivity index (χ3v) is 6.43. The first-order valence-corrected chi connectivity index (χ1v) is 10.7. The number of hydrogen-bond donors (Lipinski definition) is 0. The summed E-state index contributed by atoms with van der Waals surface area (Å²) in [7, 11) is 3.27. The summed E-state index contributed by atoms with van der Waals surface area (Å²) in [4.78, 5) is 19.0. The number of benzene rings is 1. The number of likely N-dealkylation sites (N-methyl/N-ethyl adjacent to an activating group) is 1. The number of rotatable bonds is 8. The first-order valence-electron chi connectivity index (χ1n) is 8.73. The summed E-state index contributed by atoms with van der Waals surface area (Å²) in [6, 6.07) is 9.83. The molecule has 0 saturated carbocycles. The van der Waals surface area contributed by atoms with Gasteiger partial charge >= 0.3 is 0 Å². The lowest BCUT2D eigenvalue weighted by Crippen LogP contribution is -2.31. The van der Waals surface area contributed by atoms with Crippen molar-refractivity contribution in [2.75, 3.05) is 14.2 Å². The van der Waals surface area contributed by atoms with E-state index in [2.05, 4.69) is 4.98 Å². The molecule has 28 heavy (non-hydrogen) atoms. The number of ether oxygens (including phenoxy) is 1. The molecule has 8 heteroatoms. The van der Waals surface area contributed by atoms with Crippen LogP contribution in [0, 0.1) is 5.92 Å². The summed E-state index contributed by atoms with van der Waals surface area (Å²) >= 11 is 19.3. The molecular formula is C20H23Cl3N2O2S. The van der Waals surface area contributed by atoms with Crippen molar-refractivity contribution in [1.82, 2.24) is 9.88 Å². The molecule has 2 aromatic rings. The minimum absolute atomic E-state index is 0.185. The van der Waals surface area contributed by atoms with Gasteiger partial charge in [0, 0.05) is 37.0 Å². The quantitative estimate of drug-likeness (QED) is 0.283. The van der Waals surface area contributed by atoms with Gasteiger partial charge in [0.1, 0.15) is 10.8 Å². The van der Waals surface area contributed by atoms with Gasteiger partial charge in [0.15, 0.2) is 3.79 Å². The predicted molar refractivity (Wildman–Crippen MR) is 117 cm³/mol. The second-order valence-corrected chi connectivity index (χ2v) is 9.78. The highest BCUT2D eigenvalue weighted by molar-refractivity contribution is 7.09. The van der Waals surface area contributed by atoms with Crippen molar-refractivity contribution in [1.29, 1.82) is 0 Å². The van der Waals surface area contributed by atoms with Crippen LogP contribution in [-0.4, -0.2) is 33.7 Å². The van der Waals surface area contributed by atoms with E-state index in [1.165, 1.54) is 24.5 Å². The number of alkyl halides is 3. The number of carbonyl (C=O) groups is 1. The molecule has 1 heterocycles. The van der Waals surface area contributed by atoms with Crippen LogP contribution in [0.1, 0.15) is 30.0 Å². The Morgan fingerprint density at radius 1 is 1.32 bits per heavy atom. The third kappa shape index (κ3) is 6.66. The van der Waals surface area contributed by atoms with Crippen LogP contribution in [0.2, 0.25) is 0 Å². The maximum absolute atomic E-state index is 12.9. The van der Waals surface area contributed by atoms with Gasteiger partial charge in [-0.15, -0.1) is 11.3 Å². The number of thiazole rings is 1. The number of amides is 1. The minimum Gasteiger partial charge on any atom is -0.501 e. The fraction of sp³-hybridized carbons (Fsp3) is 0.400. The number of methoxy groups -OCH3 is 1. The van der Waals surface area contributed by atoms with E-state index in [9.17, 15) is 4.79 Å². The Morgan fingerprint density at radius 3 is 2.54 bits per heavy atom. The van der Waals surface area contributed by atoms with Gasteiger partial charge < -0.3 is 9.64 Å². The molecule has 0 spiro atoms. The third-order valence-electron chi connectivity index (χ3n) is 4.44. The molecule has 0 fully saturated rings. The van der Waals surface area contributed by atoms with Gasteiger partial charge in [0.05, 0.1) is 13.2 Å². The van der Waals surface area contributed by atoms with Crippen molar-refractivity contribution < 1.29 is 9.53 Å². The van der Waals surface area contributed by atoms with E-state index in [1.54, 1.807) is 25.1 Å². The van der Waals surface area contributed by atoms with Crippen molar-refractivity contribution in [2.45, 2.75) is 29.6 Å². The zero-order chi connectivity index (χ0) is 20.7. The fourth-order valence-electron chi connectivity index (χ4n) is 2.64. The molecule has 1 aromatic carbocycles. The zero-order valence-electron chi connectivity index (χ0n) is 15.9. The van der Waals surface area contributed by atoms with Crippen LogP contribution in [0.4, 0.5) is 0 Å². The summed E-state index contributed by atoms with van der Waals surface area (Å²) in [6.07, 6.45) is 4.21. The fourth-order valence-corrected chi connectivity index (χ4v) is 3.65. The molecule has 2 atom stereocenters. The average molecular weight is 462 g/mol. The standard InChI is InChI=1S/C20H23Cl3N2O2S/c1-14(20(21,22)23)11-16(27-3)13-18(26)25(2)17(19-24-9-10-28-19)12-15-7-5-4-6-8-15/h4-10,13-14,17H,11-12H2,1-3H3/b16-13-/t14-,17-/m0/s1. The highest BCUT2D eigenvalue weighted by atomic mass is 35.6. The number of nitrogens with zero attached hydrogens (tertiary/aromatic N) is 2. The normalized spacial score (nSPS) is 14.4. The van der Waals surface area contributed by atoms with E-state index in [-0.39, 0.29) is 17.9 Å². The van der Waals surface area contributed by atoms with Gasteiger partial charge in [-0.3, -0.25) is 4.79 Å². The molecular weight excluding hydrogens is 439 g/mol. The van der Waals surface area contributed by atoms with Crippen LogP contribution < -0.4 is 0 Å². The molecule has 1 amide bonds. The van der Waals surface area contributed by atoms with Crippen molar-refractivity contribution >= 4 is 52.0 Å². The molecule has 0 aliphatic heterocycles. The van der Waals surface area contributed by atoms with Crippen LogP contribution >= 0.6 is 46.1 Å². The Kier molecular flexibility index (Phi) is 8.62. The van der Waals surface area contributed by atoms with Crippen LogP contribution in [0.5, 0.6) is 0 Å². The molecule has 0 aliphatic rings. The van der Waals surface area contributed by atoms with E-state index < -0.39 is 3.79 Å². The Labute approximate surface area is 185 Å². The maximum atomic E-state index is 12.9. The Bertz CT molecular complexity index is 777. The predicted octanol–water partition coefficient (Wildman–Crippen LogP) is 5.81. The molecule has 0 aliphatic carbocycles. The zero-order valence-corrected chi connectivity index (χ0v) is 19.0. The van der Waals surface area contributed by atoms with Crippen LogP contribution in [0.3, 0.4) is 0 Å². The largest absolute Gasteiger partial charge is 0.501 e. The minimum atomic E-state index is -1.43. The van der Waals surface area contributed by atoms with Crippen LogP contribution in [0.25, 0.3) is 0 Å². The first-order chi connectivity index (χ1) is 13.2. The van der Waals surface area contributed by atoms with E-state index in [1.807, 2.05) is 35.7 Å². The van der Waals surface area contributed by atoms with Gasteiger partial charge in [-0.2, -0.15) is 0 Å². The van der Waals surface area contributed by atoms with Gasteiger partial charge in [0.25, 0.3) is 0 Å². The second-order valence-electron chi connectivity index (χ2n) is 6.49. The lowest BCUT2D eigenvalue weighted by molar-refractivity contribution is -0.127. The Morgan fingerprint density at radius 2 is 2.00 bits per heavy atom. The topological polar surface area (TPSA) is 42.4 Å². The Balaban J connectivity index is 2.20. The summed E-state index contributed by atoms with van der Waals surface area (Å²) in [5.41, 5.74) is 1.13. The van der Waals surface area contributed by atoms with Gasteiger partial charge in [-0.25, -0.2) is 4.98 Å². The van der Waals surface area contributed by atoms with E-state index in [0.717, 1.165) is 10.6 Å². The Hall–Kier alpha value is -1.27. The first kappa shape index (κ1) is 23.0. The van der Waals surface area contributed by atoms with Gasteiger partial charge in [-0.05, 0) is 12.0 Å². The molecule has 2 rings (SSSR count). The lowest BCUT2D eigenvalue weighted by Gasteiger charge is -2.26. The molecule has 152 valence electrons. The lowest BCUT2D eigenvalue weighted by atomic mass is 10.0. The summed E-state index contributed by atoms with van der Waals surface area (Å²) in [6.45, 7) is 1.79. The van der Waals surface area contributed by atoms with Crippen LogP contribution in [-0.2, 0) is 16.0 Å².